The number of aromatic nitrogens is 2. The number of rotatable bonds is 7. The lowest BCUT2D eigenvalue weighted by atomic mass is 9.80. The van der Waals surface area contributed by atoms with E-state index in [1.54, 1.807) is 12.1 Å². The van der Waals surface area contributed by atoms with Crippen molar-refractivity contribution in [1.29, 1.82) is 0 Å². The van der Waals surface area contributed by atoms with E-state index in [0.717, 1.165) is 29.8 Å². The molecule has 2 heterocycles. The first kappa shape index (κ1) is 26.3. The Morgan fingerprint density at radius 3 is 1.39 bits per heavy atom. The average molecular weight is 479 g/mol. The molecule has 7 heteroatoms. The third-order valence-corrected chi connectivity index (χ3v) is 5.34. The van der Waals surface area contributed by atoms with Crippen LogP contribution in [0.15, 0.2) is 104 Å². The third kappa shape index (κ3) is 7.01. The topological polar surface area (TPSA) is 48.2 Å². The van der Waals surface area contributed by atoms with E-state index in [2.05, 4.69) is 89.0 Å². The molecule has 2 N–H and O–H groups in total. The molecule has 0 saturated heterocycles. The molecule has 4 rings (SSSR count). The van der Waals surface area contributed by atoms with Crippen molar-refractivity contribution in [3.05, 3.63) is 121 Å². The lowest BCUT2D eigenvalue weighted by Gasteiger charge is -2.03. The lowest BCUT2D eigenvalue weighted by molar-refractivity contribution is -0.688. The minimum absolute atomic E-state index is 0. The molecule has 2 aromatic heterocycles. The van der Waals surface area contributed by atoms with E-state index in [9.17, 15) is 10.0 Å². The van der Waals surface area contributed by atoms with Gasteiger partial charge in [-0.05, 0) is 22.2 Å². The highest BCUT2D eigenvalue weighted by Crippen LogP contribution is 2.16. The van der Waals surface area contributed by atoms with Crippen LogP contribution in [0.3, 0.4) is 0 Å². The second-order valence-corrected chi connectivity index (χ2v) is 7.58. The molecule has 0 spiro atoms. The number of hydrogen-bond acceptors (Lipinski definition) is 2. The molecule has 0 radical (unpaired) electrons. The normalized spacial score (nSPS) is 10.0. The summed E-state index contributed by atoms with van der Waals surface area (Å²) in [4.78, 5) is 0. The fraction of sp³-hybridized carbons (Fsp3) is 0.0769. The van der Waals surface area contributed by atoms with Crippen LogP contribution >= 0.6 is 0 Å². The van der Waals surface area contributed by atoms with E-state index in [-0.39, 0.29) is 24.8 Å². The van der Waals surface area contributed by atoms with Gasteiger partial charge in [0.15, 0.2) is 37.9 Å². The van der Waals surface area contributed by atoms with Gasteiger partial charge in [0.05, 0.1) is 0 Å². The van der Waals surface area contributed by atoms with Gasteiger partial charge < -0.3 is 34.9 Å². The van der Waals surface area contributed by atoms with Crippen LogP contribution in [-0.4, -0.2) is 17.2 Å². The first-order valence-corrected chi connectivity index (χ1v) is 10.3. The van der Waals surface area contributed by atoms with E-state index >= 15 is 0 Å². The van der Waals surface area contributed by atoms with E-state index in [1.807, 2.05) is 18.2 Å². The fourth-order valence-corrected chi connectivity index (χ4v) is 3.49. The number of benzene rings is 2. The van der Waals surface area contributed by atoms with E-state index < -0.39 is 7.12 Å². The van der Waals surface area contributed by atoms with Gasteiger partial charge in [-0.2, -0.15) is 0 Å². The van der Waals surface area contributed by atoms with Crippen molar-refractivity contribution in [2.24, 2.45) is 0 Å². The summed E-state index contributed by atoms with van der Waals surface area (Å²) >= 11 is 0. The second-order valence-electron chi connectivity index (χ2n) is 7.58. The van der Waals surface area contributed by atoms with Crippen LogP contribution in [0.1, 0.15) is 16.7 Å². The number of hydrogen-bond donors (Lipinski definition) is 2. The van der Waals surface area contributed by atoms with Gasteiger partial charge in [0.2, 0.25) is 0 Å². The molecule has 33 heavy (non-hydrogen) atoms. The van der Waals surface area contributed by atoms with Crippen molar-refractivity contribution >= 4 is 18.7 Å². The molecule has 168 valence electrons. The van der Waals surface area contributed by atoms with Crippen LogP contribution in [-0.2, 0) is 13.1 Å². The maximum absolute atomic E-state index is 9.20. The van der Waals surface area contributed by atoms with Crippen molar-refractivity contribution in [3.8, 4) is 11.1 Å². The highest BCUT2D eigenvalue weighted by Gasteiger charge is 2.11. The summed E-state index contributed by atoms with van der Waals surface area (Å²) in [6, 6.07) is 24.2. The van der Waals surface area contributed by atoms with E-state index in [4.69, 9.17) is 0 Å². The quantitative estimate of drug-likeness (QED) is 0.213. The zero-order chi connectivity index (χ0) is 21.6. The molecule has 0 aliphatic carbocycles. The van der Waals surface area contributed by atoms with Crippen LogP contribution in [0.25, 0.3) is 17.2 Å². The maximum Gasteiger partial charge on any atom is 0.488 e. The van der Waals surface area contributed by atoms with Gasteiger partial charge in [0.25, 0.3) is 0 Å². The zero-order valence-corrected chi connectivity index (χ0v) is 19.6. The maximum atomic E-state index is 9.20. The fourth-order valence-electron chi connectivity index (χ4n) is 3.49. The molecule has 0 bridgehead atoms. The summed E-state index contributed by atoms with van der Waals surface area (Å²) in [6.07, 6.45) is 10.2. The first-order valence-electron chi connectivity index (χ1n) is 10.3. The Labute approximate surface area is 207 Å². The van der Waals surface area contributed by atoms with Gasteiger partial charge >= 0.3 is 7.12 Å². The summed E-state index contributed by atoms with van der Waals surface area (Å²) in [5.41, 5.74) is 6.32. The molecule has 0 aliphatic heterocycles. The van der Waals surface area contributed by atoms with Gasteiger partial charge in [-0.3, -0.25) is 0 Å². The molecule has 0 amide bonds. The number of pyridine rings is 2. The number of nitrogens with zero attached hydrogens (tertiary/aromatic N) is 2. The largest absolute Gasteiger partial charge is 1.00 e. The molecule has 0 aliphatic rings. The minimum Gasteiger partial charge on any atom is -1.00 e. The molecule has 0 saturated carbocycles. The summed E-state index contributed by atoms with van der Waals surface area (Å²) in [5, 5.41) is 18.4. The SMILES string of the molecule is C=Cc1ccc(C[n+]2ccc(-c3cc[n+](Cc4ccc(B(O)O)cc4)cc3)cc2)cc1.[Cl-].[Cl-]. The van der Waals surface area contributed by atoms with Gasteiger partial charge in [0.1, 0.15) is 0 Å². The number of halogens is 2. The predicted octanol–water partition coefficient (Wildman–Crippen LogP) is -3.64. The van der Waals surface area contributed by atoms with Crippen molar-refractivity contribution < 1.29 is 44.0 Å². The third-order valence-electron chi connectivity index (χ3n) is 5.34. The molecule has 0 atom stereocenters. The average Bonchev–Trinajstić information content (AvgIpc) is 2.81. The standard InChI is InChI=1S/C26H25BN2O2.2ClH/c1-2-21-3-5-22(6-4-21)19-28-15-11-24(12-16-28)25-13-17-29(18-14-25)20-23-7-9-26(10-8-23)27(30)31;;/h2-18,30-31H,1,19-20H2;2*1H/q+2;;/p-2. The Balaban J connectivity index is 0.00000193. The Hall–Kier alpha value is -2.96. The molecular formula is C26H25BCl2N2O2. The van der Waals surface area contributed by atoms with Crippen LogP contribution in [0.2, 0.25) is 0 Å². The Morgan fingerprint density at radius 2 is 1.03 bits per heavy atom. The Morgan fingerprint density at radius 1 is 0.636 bits per heavy atom. The van der Waals surface area contributed by atoms with Crippen LogP contribution in [0.5, 0.6) is 0 Å². The summed E-state index contributed by atoms with van der Waals surface area (Å²) in [6.45, 7) is 5.35. The van der Waals surface area contributed by atoms with Gasteiger partial charge in [-0.25, -0.2) is 9.13 Å². The van der Waals surface area contributed by atoms with Gasteiger partial charge in [0, 0.05) is 35.4 Å². The summed E-state index contributed by atoms with van der Waals surface area (Å²) in [7, 11) is -1.43. The smallest absolute Gasteiger partial charge is 0.488 e. The summed E-state index contributed by atoms with van der Waals surface area (Å²) < 4.78 is 4.27. The highest BCUT2D eigenvalue weighted by atomic mass is 35.5. The Bertz CT molecular complexity index is 1150. The second kappa shape index (κ2) is 12.3. The van der Waals surface area contributed by atoms with Crippen molar-refractivity contribution in [2.75, 3.05) is 0 Å². The van der Waals surface area contributed by atoms with Crippen LogP contribution < -0.4 is 39.4 Å². The monoisotopic (exact) mass is 478 g/mol. The summed E-state index contributed by atoms with van der Waals surface area (Å²) in [5.74, 6) is 0. The molecule has 4 aromatic rings. The van der Waals surface area contributed by atoms with Crippen molar-refractivity contribution in [3.63, 3.8) is 0 Å². The van der Waals surface area contributed by atoms with Gasteiger partial charge in [-0.15, -0.1) is 0 Å². The first-order chi connectivity index (χ1) is 15.1. The van der Waals surface area contributed by atoms with Crippen LogP contribution in [0, 0.1) is 0 Å². The highest BCUT2D eigenvalue weighted by molar-refractivity contribution is 6.58. The van der Waals surface area contributed by atoms with Crippen molar-refractivity contribution in [2.45, 2.75) is 13.1 Å². The Kier molecular flexibility index (Phi) is 9.83. The minimum atomic E-state index is -1.43. The lowest BCUT2D eigenvalue weighted by Crippen LogP contribution is -3.00. The molecular weight excluding hydrogens is 454 g/mol. The van der Waals surface area contributed by atoms with E-state index in [1.165, 1.54) is 11.1 Å². The van der Waals surface area contributed by atoms with Crippen LogP contribution in [0.4, 0.5) is 0 Å². The van der Waals surface area contributed by atoms with E-state index in [0.29, 0.717) is 5.46 Å². The molecule has 0 unspecified atom stereocenters. The van der Waals surface area contributed by atoms with Crippen molar-refractivity contribution in [1.82, 2.24) is 0 Å². The zero-order valence-electron chi connectivity index (χ0n) is 18.1. The molecule has 2 aromatic carbocycles. The van der Waals surface area contributed by atoms with Gasteiger partial charge in [-0.1, -0.05) is 61.2 Å². The molecule has 0 fully saturated rings. The molecule has 4 nitrogen and oxygen atoms in total. The predicted molar refractivity (Wildman–Crippen MR) is 123 cm³/mol.